The maximum atomic E-state index is 13.5. The van der Waals surface area contributed by atoms with Crippen molar-refractivity contribution < 1.29 is 9.53 Å². The van der Waals surface area contributed by atoms with Gasteiger partial charge in [-0.3, -0.25) is 4.79 Å². The topological polar surface area (TPSA) is 29.5 Å². The van der Waals surface area contributed by atoms with E-state index >= 15 is 0 Å². The highest BCUT2D eigenvalue weighted by Gasteiger charge is 2.29. The average Bonchev–Trinajstić information content (AvgIpc) is 2.91. The number of benzene rings is 3. The van der Waals surface area contributed by atoms with E-state index in [4.69, 9.17) is 4.74 Å². The Kier molecular flexibility index (Phi) is 9.39. The van der Waals surface area contributed by atoms with Gasteiger partial charge in [0.1, 0.15) is 12.4 Å². The molecule has 0 saturated carbocycles. The van der Waals surface area contributed by atoms with Gasteiger partial charge in [0.15, 0.2) is 0 Å². The summed E-state index contributed by atoms with van der Waals surface area (Å²) < 4.78 is 5.97. The summed E-state index contributed by atoms with van der Waals surface area (Å²) in [5.74, 6) is 1.14. The van der Waals surface area contributed by atoms with Crippen LogP contribution < -0.4 is 4.74 Å². The summed E-state index contributed by atoms with van der Waals surface area (Å²) in [6.45, 7) is 3.43. The largest absolute Gasteiger partial charge is 0.489 e. The first-order valence-electron chi connectivity index (χ1n) is 13.4. The first-order chi connectivity index (χ1) is 17.2. The molecule has 0 fully saturated rings. The summed E-state index contributed by atoms with van der Waals surface area (Å²) in [7, 11) is 0. The quantitative estimate of drug-likeness (QED) is 0.251. The lowest BCUT2D eigenvalue weighted by molar-refractivity contribution is -0.135. The number of carbonyl (C=O) groups excluding carboxylic acids is 1. The number of nitrogens with zero attached hydrogens (tertiary/aromatic N) is 1. The third-order valence-electron chi connectivity index (χ3n) is 7.05. The molecule has 0 saturated heterocycles. The number of rotatable bonds is 12. The Morgan fingerprint density at radius 1 is 0.857 bits per heavy atom. The van der Waals surface area contributed by atoms with E-state index in [1.807, 2.05) is 30.3 Å². The van der Waals surface area contributed by atoms with Gasteiger partial charge in [-0.05, 0) is 60.1 Å². The molecule has 3 aromatic carbocycles. The Balaban J connectivity index is 1.44. The van der Waals surface area contributed by atoms with Crippen LogP contribution in [0.3, 0.4) is 0 Å². The minimum absolute atomic E-state index is 0.164. The molecule has 1 aliphatic carbocycles. The molecule has 35 heavy (non-hydrogen) atoms. The van der Waals surface area contributed by atoms with Crippen molar-refractivity contribution in [2.75, 3.05) is 0 Å². The monoisotopic (exact) mass is 469 g/mol. The van der Waals surface area contributed by atoms with Gasteiger partial charge in [0.2, 0.25) is 5.91 Å². The molecule has 4 rings (SSSR count). The first-order valence-corrected chi connectivity index (χ1v) is 13.4. The molecule has 1 aliphatic rings. The van der Waals surface area contributed by atoms with E-state index in [1.165, 1.54) is 30.4 Å². The number of aryl methyl sites for hydroxylation is 1. The Labute approximate surface area is 211 Å². The molecule has 1 amide bonds. The summed E-state index contributed by atoms with van der Waals surface area (Å²) in [5.41, 5.74) is 5.04. The number of fused-ring (bicyclic) bond motifs is 1. The van der Waals surface area contributed by atoms with Crippen molar-refractivity contribution in [2.45, 2.75) is 83.9 Å². The molecule has 0 aromatic heterocycles. The van der Waals surface area contributed by atoms with Crippen molar-refractivity contribution in [3.8, 4) is 5.75 Å². The van der Waals surface area contributed by atoms with Gasteiger partial charge in [0.05, 0.1) is 6.04 Å². The van der Waals surface area contributed by atoms with Crippen LogP contribution in [-0.4, -0.2) is 10.8 Å². The van der Waals surface area contributed by atoms with Gasteiger partial charge >= 0.3 is 0 Å². The van der Waals surface area contributed by atoms with E-state index in [1.54, 1.807) is 0 Å². The fourth-order valence-electron chi connectivity index (χ4n) is 5.08. The van der Waals surface area contributed by atoms with E-state index in [0.717, 1.165) is 49.0 Å². The number of hydrogen-bond donors (Lipinski definition) is 0. The lowest BCUT2D eigenvalue weighted by atomic mass is 9.86. The standard InChI is InChI=1S/C32H39NO2/c1-2-3-4-5-9-19-32(34)33(31-18-12-16-28-15-10-11-17-30(28)31)24-26-20-22-29(23-21-26)35-25-27-13-7-6-8-14-27/h6-8,10-11,13-15,17,20-23,31H,2-5,9,12,16,18-19,24-25H2,1H3. The fraction of sp³-hybridized carbons (Fsp3) is 0.406. The van der Waals surface area contributed by atoms with Crippen molar-refractivity contribution in [2.24, 2.45) is 0 Å². The van der Waals surface area contributed by atoms with Gasteiger partial charge in [-0.2, -0.15) is 0 Å². The minimum Gasteiger partial charge on any atom is -0.489 e. The van der Waals surface area contributed by atoms with Crippen molar-refractivity contribution in [1.82, 2.24) is 4.90 Å². The van der Waals surface area contributed by atoms with Crippen molar-refractivity contribution in [1.29, 1.82) is 0 Å². The average molecular weight is 470 g/mol. The van der Waals surface area contributed by atoms with Gasteiger partial charge in [-0.25, -0.2) is 0 Å². The highest BCUT2D eigenvalue weighted by molar-refractivity contribution is 5.77. The molecule has 1 atom stereocenters. The molecule has 0 heterocycles. The van der Waals surface area contributed by atoms with Crippen LogP contribution in [0.4, 0.5) is 0 Å². The van der Waals surface area contributed by atoms with Gasteiger partial charge in [0, 0.05) is 13.0 Å². The molecule has 3 aromatic rings. The summed E-state index contributed by atoms with van der Waals surface area (Å²) in [5, 5.41) is 0. The van der Waals surface area contributed by atoms with Crippen molar-refractivity contribution in [3.63, 3.8) is 0 Å². The van der Waals surface area contributed by atoms with Crippen molar-refractivity contribution >= 4 is 5.91 Å². The van der Waals surface area contributed by atoms with Crippen LogP contribution in [0, 0.1) is 0 Å². The van der Waals surface area contributed by atoms with E-state index in [9.17, 15) is 4.79 Å². The second kappa shape index (κ2) is 13.1. The highest BCUT2D eigenvalue weighted by atomic mass is 16.5. The third kappa shape index (κ3) is 7.21. The predicted octanol–water partition coefficient (Wildman–Crippen LogP) is 8.03. The first kappa shape index (κ1) is 25.0. The van der Waals surface area contributed by atoms with E-state index in [0.29, 0.717) is 19.6 Å². The van der Waals surface area contributed by atoms with E-state index in [2.05, 4.69) is 60.4 Å². The van der Waals surface area contributed by atoms with Gasteiger partial charge in [-0.1, -0.05) is 99.3 Å². The second-order valence-corrected chi connectivity index (χ2v) is 9.71. The van der Waals surface area contributed by atoms with E-state index in [-0.39, 0.29) is 11.9 Å². The molecule has 0 aliphatic heterocycles. The van der Waals surface area contributed by atoms with Crippen LogP contribution in [0.15, 0.2) is 78.9 Å². The zero-order valence-corrected chi connectivity index (χ0v) is 21.1. The Hall–Kier alpha value is -3.07. The van der Waals surface area contributed by atoms with Crippen LogP contribution in [-0.2, 0) is 24.4 Å². The molecule has 0 radical (unpaired) electrons. The summed E-state index contributed by atoms with van der Waals surface area (Å²) in [6, 6.07) is 27.3. The normalized spacial score (nSPS) is 14.8. The number of amides is 1. The van der Waals surface area contributed by atoms with Gasteiger partial charge in [0.25, 0.3) is 0 Å². The summed E-state index contributed by atoms with van der Waals surface area (Å²) >= 11 is 0. The zero-order valence-electron chi connectivity index (χ0n) is 21.1. The number of ether oxygens (including phenoxy) is 1. The van der Waals surface area contributed by atoms with Crippen LogP contribution in [0.25, 0.3) is 0 Å². The molecule has 1 unspecified atom stereocenters. The SMILES string of the molecule is CCCCCCCC(=O)N(Cc1ccc(OCc2ccccc2)cc1)C1CCCc2ccccc21. The van der Waals surface area contributed by atoms with Crippen LogP contribution in [0.2, 0.25) is 0 Å². The number of hydrogen-bond acceptors (Lipinski definition) is 2. The maximum Gasteiger partial charge on any atom is 0.223 e. The summed E-state index contributed by atoms with van der Waals surface area (Å²) in [6.07, 6.45) is 9.75. The van der Waals surface area contributed by atoms with Gasteiger partial charge < -0.3 is 9.64 Å². The fourth-order valence-corrected chi connectivity index (χ4v) is 5.08. The molecular weight excluding hydrogens is 430 g/mol. The van der Waals surface area contributed by atoms with Crippen molar-refractivity contribution in [3.05, 3.63) is 101 Å². The molecule has 3 nitrogen and oxygen atoms in total. The minimum atomic E-state index is 0.164. The zero-order chi connectivity index (χ0) is 24.3. The van der Waals surface area contributed by atoms with Gasteiger partial charge in [-0.15, -0.1) is 0 Å². The maximum absolute atomic E-state index is 13.5. The van der Waals surface area contributed by atoms with E-state index < -0.39 is 0 Å². The molecule has 184 valence electrons. The number of unbranched alkanes of at least 4 members (excludes halogenated alkanes) is 4. The Morgan fingerprint density at radius 3 is 2.40 bits per heavy atom. The van der Waals surface area contributed by atoms with Crippen LogP contribution in [0.5, 0.6) is 5.75 Å². The Morgan fingerprint density at radius 2 is 1.60 bits per heavy atom. The summed E-state index contributed by atoms with van der Waals surface area (Å²) in [4.78, 5) is 15.7. The third-order valence-corrected chi connectivity index (χ3v) is 7.05. The smallest absolute Gasteiger partial charge is 0.223 e. The van der Waals surface area contributed by atoms with Crippen LogP contribution in [0.1, 0.15) is 86.6 Å². The second-order valence-electron chi connectivity index (χ2n) is 9.71. The lowest BCUT2D eigenvalue weighted by Crippen LogP contribution is -2.36. The number of carbonyl (C=O) groups is 1. The molecule has 0 bridgehead atoms. The predicted molar refractivity (Wildman–Crippen MR) is 143 cm³/mol. The Bertz CT molecular complexity index is 1040. The highest BCUT2D eigenvalue weighted by Crippen LogP contribution is 2.36. The molecule has 3 heteroatoms. The van der Waals surface area contributed by atoms with Crippen LogP contribution >= 0.6 is 0 Å². The molecule has 0 N–H and O–H groups in total. The molecular formula is C32H39NO2. The lowest BCUT2D eigenvalue weighted by Gasteiger charge is -2.36. The molecule has 0 spiro atoms.